The second kappa shape index (κ2) is 9.75. The summed E-state index contributed by atoms with van der Waals surface area (Å²) in [6, 6.07) is 6.40. The van der Waals surface area contributed by atoms with Gasteiger partial charge in [-0.3, -0.25) is 14.5 Å². The Morgan fingerprint density at radius 2 is 1.73 bits per heavy atom. The van der Waals surface area contributed by atoms with Gasteiger partial charge in [-0.1, -0.05) is 6.92 Å². The molecular weight excluding hydrogens is 470 g/mol. The van der Waals surface area contributed by atoms with Crippen LogP contribution < -0.4 is 0 Å². The summed E-state index contributed by atoms with van der Waals surface area (Å²) in [5.74, 6) is -1.50. The SMILES string of the molecule is CCCn1c(-c2ccncc2)nn(CN2CCN(S(=O)(=O)c3ccc(F)c(F)c3)CC2)c1=S. The molecule has 0 aliphatic carbocycles. The van der Waals surface area contributed by atoms with E-state index in [0.717, 1.165) is 42.6 Å². The first-order valence-corrected chi connectivity index (χ1v) is 12.4. The minimum atomic E-state index is -3.90. The van der Waals surface area contributed by atoms with Crippen LogP contribution in [0.2, 0.25) is 0 Å². The third kappa shape index (κ3) is 4.88. The number of sulfonamides is 1. The first kappa shape index (κ1) is 23.6. The van der Waals surface area contributed by atoms with E-state index in [1.807, 2.05) is 16.7 Å². The molecule has 2 aromatic heterocycles. The Morgan fingerprint density at radius 3 is 2.36 bits per heavy atom. The minimum Gasteiger partial charge on any atom is -0.300 e. The van der Waals surface area contributed by atoms with Crippen LogP contribution in [-0.2, 0) is 23.2 Å². The highest BCUT2D eigenvalue weighted by Gasteiger charge is 2.29. The maximum Gasteiger partial charge on any atom is 0.243 e. The zero-order valence-electron chi connectivity index (χ0n) is 18.1. The molecule has 1 aliphatic heterocycles. The summed E-state index contributed by atoms with van der Waals surface area (Å²) in [5.41, 5.74) is 0.922. The van der Waals surface area contributed by atoms with Crippen LogP contribution in [0.25, 0.3) is 11.4 Å². The number of rotatable bonds is 7. The Morgan fingerprint density at radius 1 is 1.03 bits per heavy atom. The van der Waals surface area contributed by atoms with E-state index in [0.29, 0.717) is 24.5 Å². The number of hydrogen-bond donors (Lipinski definition) is 0. The summed E-state index contributed by atoms with van der Waals surface area (Å²) in [7, 11) is -3.90. The molecule has 0 N–H and O–H groups in total. The molecule has 0 spiro atoms. The van der Waals surface area contributed by atoms with Crippen LogP contribution >= 0.6 is 12.2 Å². The maximum absolute atomic E-state index is 13.5. The van der Waals surface area contributed by atoms with Crippen molar-refractivity contribution in [2.45, 2.75) is 31.5 Å². The molecule has 33 heavy (non-hydrogen) atoms. The number of aromatic nitrogens is 4. The number of nitrogens with zero attached hydrogens (tertiary/aromatic N) is 6. The highest BCUT2D eigenvalue weighted by Crippen LogP contribution is 2.21. The normalized spacial score (nSPS) is 15.7. The standard InChI is InChI=1S/C21H24F2N6O2S2/c1-2-9-28-20(16-5-7-24-8-6-16)25-29(21(28)32)15-26-10-12-27(13-11-26)33(30,31)17-3-4-18(22)19(23)14-17/h3-8,14H,2,9-13,15H2,1H3. The smallest absolute Gasteiger partial charge is 0.243 e. The van der Waals surface area contributed by atoms with E-state index >= 15 is 0 Å². The molecule has 0 atom stereocenters. The monoisotopic (exact) mass is 494 g/mol. The Balaban J connectivity index is 1.48. The summed E-state index contributed by atoms with van der Waals surface area (Å²) >= 11 is 5.66. The van der Waals surface area contributed by atoms with Crippen LogP contribution in [0.15, 0.2) is 47.6 Å². The van der Waals surface area contributed by atoms with Crippen molar-refractivity contribution in [1.29, 1.82) is 0 Å². The van der Waals surface area contributed by atoms with Gasteiger partial charge in [0, 0.05) is 50.7 Å². The van der Waals surface area contributed by atoms with E-state index in [-0.39, 0.29) is 18.0 Å². The average Bonchev–Trinajstić information content (AvgIpc) is 3.12. The van der Waals surface area contributed by atoms with Gasteiger partial charge in [0.1, 0.15) is 0 Å². The van der Waals surface area contributed by atoms with Crippen molar-refractivity contribution in [2.24, 2.45) is 0 Å². The zero-order chi connectivity index (χ0) is 23.6. The van der Waals surface area contributed by atoms with E-state index in [2.05, 4.69) is 16.8 Å². The predicted octanol–water partition coefficient (Wildman–Crippen LogP) is 3.13. The lowest BCUT2D eigenvalue weighted by Gasteiger charge is -2.33. The minimum absolute atomic E-state index is 0.224. The molecule has 12 heteroatoms. The van der Waals surface area contributed by atoms with Crippen LogP contribution in [0.1, 0.15) is 13.3 Å². The third-order valence-electron chi connectivity index (χ3n) is 5.50. The third-order valence-corrected chi connectivity index (χ3v) is 7.83. The molecule has 0 unspecified atom stereocenters. The maximum atomic E-state index is 13.5. The summed E-state index contributed by atoms with van der Waals surface area (Å²) in [6.07, 6.45) is 4.32. The molecule has 1 fully saturated rings. The van der Waals surface area contributed by atoms with Gasteiger partial charge in [-0.25, -0.2) is 21.9 Å². The summed E-state index contributed by atoms with van der Waals surface area (Å²) in [4.78, 5) is 5.87. The van der Waals surface area contributed by atoms with Crippen molar-refractivity contribution in [3.05, 3.63) is 59.1 Å². The molecule has 1 saturated heterocycles. The van der Waals surface area contributed by atoms with E-state index < -0.39 is 21.7 Å². The van der Waals surface area contributed by atoms with Gasteiger partial charge >= 0.3 is 0 Å². The summed E-state index contributed by atoms with van der Waals surface area (Å²) in [6.45, 7) is 4.58. The molecule has 8 nitrogen and oxygen atoms in total. The molecule has 3 aromatic rings. The van der Waals surface area contributed by atoms with Crippen LogP contribution in [0.4, 0.5) is 8.78 Å². The summed E-state index contributed by atoms with van der Waals surface area (Å²) < 4.78 is 58.0. The second-order valence-electron chi connectivity index (χ2n) is 7.73. The first-order valence-electron chi connectivity index (χ1n) is 10.6. The highest BCUT2D eigenvalue weighted by molar-refractivity contribution is 7.89. The topological polar surface area (TPSA) is 76.3 Å². The molecule has 4 rings (SSSR count). The lowest BCUT2D eigenvalue weighted by Crippen LogP contribution is -2.49. The van der Waals surface area contributed by atoms with Crippen molar-refractivity contribution >= 4 is 22.2 Å². The first-order chi connectivity index (χ1) is 15.8. The lowest BCUT2D eigenvalue weighted by molar-refractivity contribution is 0.144. The van der Waals surface area contributed by atoms with Crippen molar-refractivity contribution < 1.29 is 17.2 Å². The molecule has 1 aliphatic rings. The zero-order valence-corrected chi connectivity index (χ0v) is 19.7. The van der Waals surface area contributed by atoms with Gasteiger partial charge in [-0.15, -0.1) is 0 Å². The van der Waals surface area contributed by atoms with E-state index in [1.54, 1.807) is 17.1 Å². The number of hydrogen-bond acceptors (Lipinski definition) is 6. The van der Waals surface area contributed by atoms with Crippen molar-refractivity contribution in [3.8, 4) is 11.4 Å². The molecule has 3 heterocycles. The van der Waals surface area contributed by atoms with Crippen molar-refractivity contribution in [3.63, 3.8) is 0 Å². The van der Waals surface area contributed by atoms with Crippen LogP contribution in [0.5, 0.6) is 0 Å². The molecule has 0 saturated carbocycles. The highest BCUT2D eigenvalue weighted by atomic mass is 32.2. The number of piperazine rings is 1. The van der Waals surface area contributed by atoms with Gasteiger partial charge < -0.3 is 0 Å². The fourth-order valence-corrected chi connectivity index (χ4v) is 5.47. The Hall–Kier alpha value is -2.54. The molecule has 0 radical (unpaired) electrons. The van der Waals surface area contributed by atoms with E-state index in [4.69, 9.17) is 17.3 Å². The lowest BCUT2D eigenvalue weighted by atomic mass is 10.2. The Labute approximate surface area is 196 Å². The average molecular weight is 495 g/mol. The largest absolute Gasteiger partial charge is 0.300 e. The van der Waals surface area contributed by atoms with Crippen molar-refractivity contribution in [2.75, 3.05) is 26.2 Å². The van der Waals surface area contributed by atoms with E-state index in [1.165, 1.54) is 4.31 Å². The van der Waals surface area contributed by atoms with Gasteiger partial charge in [0.25, 0.3) is 0 Å². The molecular formula is C21H24F2N6O2S2. The van der Waals surface area contributed by atoms with Gasteiger partial charge in [0.15, 0.2) is 22.2 Å². The van der Waals surface area contributed by atoms with Gasteiger partial charge in [0.2, 0.25) is 10.0 Å². The quantitative estimate of drug-likeness (QED) is 0.470. The second-order valence-corrected chi connectivity index (χ2v) is 10.0. The molecule has 0 bridgehead atoms. The molecule has 176 valence electrons. The Kier molecular flexibility index (Phi) is 6.98. The van der Waals surface area contributed by atoms with Crippen LogP contribution in [0, 0.1) is 16.4 Å². The molecule has 1 aromatic carbocycles. The fourth-order valence-electron chi connectivity index (χ4n) is 3.76. The van der Waals surface area contributed by atoms with Crippen LogP contribution in [-0.4, -0.2) is 63.1 Å². The number of pyridine rings is 1. The van der Waals surface area contributed by atoms with Gasteiger partial charge in [-0.2, -0.15) is 9.40 Å². The predicted molar refractivity (Wildman–Crippen MR) is 121 cm³/mol. The fraction of sp³-hybridized carbons (Fsp3) is 0.381. The Bertz CT molecular complexity index is 1290. The van der Waals surface area contributed by atoms with E-state index in [9.17, 15) is 17.2 Å². The number of benzene rings is 1. The molecule has 0 amide bonds. The van der Waals surface area contributed by atoms with Gasteiger partial charge in [-0.05, 0) is 49.0 Å². The van der Waals surface area contributed by atoms with Crippen molar-refractivity contribution in [1.82, 2.24) is 28.5 Å². The summed E-state index contributed by atoms with van der Waals surface area (Å²) in [5, 5.41) is 4.72. The number of halogens is 2. The van der Waals surface area contributed by atoms with Gasteiger partial charge in [0.05, 0.1) is 11.6 Å². The van der Waals surface area contributed by atoms with Crippen LogP contribution in [0.3, 0.4) is 0 Å².